The van der Waals surface area contributed by atoms with Gasteiger partial charge >= 0.3 is 5.97 Å². The van der Waals surface area contributed by atoms with Crippen molar-refractivity contribution in [3.63, 3.8) is 0 Å². The van der Waals surface area contributed by atoms with Gasteiger partial charge in [-0.05, 0) is 30.3 Å². The van der Waals surface area contributed by atoms with Gasteiger partial charge in [0.1, 0.15) is 6.07 Å². The highest BCUT2D eigenvalue weighted by Crippen LogP contribution is 2.41. The Morgan fingerprint density at radius 2 is 1.70 bits per heavy atom. The van der Waals surface area contributed by atoms with E-state index in [9.17, 15) is 25.0 Å². The molecule has 1 aromatic heterocycles. The summed E-state index contributed by atoms with van der Waals surface area (Å²) >= 11 is 0. The van der Waals surface area contributed by atoms with Crippen LogP contribution in [0.2, 0.25) is 0 Å². The second kappa shape index (κ2) is 11.8. The summed E-state index contributed by atoms with van der Waals surface area (Å²) in [4.78, 5) is 40.6. The zero-order chi connectivity index (χ0) is 28.8. The Balaban J connectivity index is 1.61. The minimum Gasteiger partial charge on any atom is -0.493 e. The molecule has 0 aliphatic rings. The molecule has 0 unspecified atom stereocenters. The zero-order valence-corrected chi connectivity index (χ0v) is 21.6. The highest BCUT2D eigenvalue weighted by atomic mass is 16.6. The van der Waals surface area contributed by atoms with Crippen molar-refractivity contribution in [2.24, 2.45) is 0 Å². The molecule has 4 rings (SSSR count). The van der Waals surface area contributed by atoms with E-state index in [0.717, 1.165) is 12.1 Å². The van der Waals surface area contributed by atoms with Crippen molar-refractivity contribution in [3.8, 4) is 34.6 Å². The third kappa shape index (κ3) is 5.58. The van der Waals surface area contributed by atoms with Gasteiger partial charge in [-0.2, -0.15) is 5.26 Å². The van der Waals surface area contributed by atoms with Crippen LogP contribution in [0.1, 0.15) is 15.9 Å². The lowest BCUT2D eigenvalue weighted by Gasteiger charge is -2.15. The predicted molar refractivity (Wildman–Crippen MR) is 144 cm³/mol. The molecular formula is C28H22N4O8. The minimum absolute atomic E-state index is 0.0493. The van der Waals surface area contributed by atoms with Gasteiger partial charge in [0.2, 0.25) is 5.75 Å². The molecule has 3 aromatic carbocycles. The first-order chi connectivity index (χ1) is 19.3. The molecule has 40 heavy (non-hydrogen) atoms. The summed E-state index contributed by atoms with van der Waals surface area (Å²) in [7, 11) is 4.46. The molecule has 0 radical (unpaired) electrons. The Bertz CT molecular complexity index is 1650. The van der Waals surface area contributed by atoms with Crippen LogP contribution in [-0.4, -0.2) is 49.7 Å². The molecule has 1 N–H and O–H groups in total. The number of nitrogens with zero attached hydrogens (tertiary/aromatic N) is 3. The quantitative estimate of drug-likeness (QED) is 0.181. The number of aromatic nitrogens is 1. The number of benzene rings is 3. The lowest BCUT2D eigenvalue weighted by Crippen LogP contribution is -2.21. The van der Waals surface area contributed by atoms with E-state index in [0.29, 0.717) is 39.4 Å². The largest absolute Gasteiger partial charge is 0.493 e. The normalized spacial score (nSPS) is 10.3. The number of nitriles is 1. The Morgan fingerprint density at radius 1 is 1.00 bits per heavy atom. The van der Waals surface area contributed by atoms with E-state index in [1.54, 1.807) is 42.5 Å². The number of rotatable bonds is 9. The number of methoxy groups -OCH3 is 3. The fourth-order valence-corrected chi connectivity index (χ4v) is 3.96. The zero-order valence-electron chi connectivity index (χ0n) is 21.6. The van der Waals surface area contributed by atoms with E-state index in [1.807, 2.05) is 0 Å². The van der Waals surface area contributed by atoms with Gasteiger partial charge < -0.3 is 24.3 Å². The van der Waals surface area contributed by atoms with E-state index < -0.39 is 23.4 Å². The molecule has 0 atom stereocenters. The van der Waals surface area contributed by atoms with Crippen LogP contribution in [0.25, 0.3) is 22.2 Å². The lowest BCUT2D eigenvalue weighted by atomic mass is 10.0. The van der Waals surface area contributed by atoms with Crippen molar-refractivity contribution in [1.82, 2.24) is 4.98 Å². The Labute approximate surface area is 227 Å². The molecule has 1 heterocycles. The maximum Gasteiger partial charge on any atom is 0.339 e. The minimum atomic E-state index is -0.786. The summed E-state index contributed by atoms with van der Waals surface area (Å²) in [5, 5.41) is 23.2. The summed E-state index contributed by atoms with van der Waals surface area (Å²) in [5.41, 5.74) is 1.31. The van der Waals surface area contributed by atoms with Crippen LogP contribution in [0.4, 0.5) is 11.4 Å². The number of non-ortho nitro benzene ring substituents is 1. The number of nitro benzene ring substituents is 1. The SMILES string of the molecule is COc1cc(-c2cc(C(=O)OCC(=O)Nc3ccc([N+](=O)[O-])cc3C#N)c3ccccc3n2)cc(OC)c1OC. The molecule has 4 aromatic rings. The first kappa shape index (κ1) is 27.3. The summed E-state index contributed by atoms with van der Waals surface area (Å²) < 4.78 is 21.5. The summed E-state index contributed by atoms with van der Waals surface area (Å²) in [5.74, 6) is -0.326. The van der Waals surface area contributed by atoms with Crippen LogP contribution in [0.5, 0.6) is 17.2 Å². The van der Waals surface area contributed by atoms with Gasteiger partial charge in [-0.25, -0.2) is 9.78 Å². The third-order valence-electron chi connectivity index (χ3n) is 5.84. The Hall–Kier alpha value is -5.70. The van der Waals surface area contributed by atoms with E-state index in [1.165, 1.54) is 33.5 Å². The van der Waals surface area contributed by atoms with Crippen LogP contribution < -0.4 is 19.5 Å². The number of nitrogens with one attached hydrogen (secondary N) is 1. The van der Waals surface area contributed by atoms with E-state index in [-0.39, 0.29) is 22.5 Å². The molecule has 0 aliphatic heterocycles. The van der Waals surface area contributed by atoms with Crippen LogP contribution in [0, 0.1) is 21.4 Å². The molecule has 0 saturated carbocycles. The number of carbonyl (C=O) groups excluding carboxylic acids is 2. The molecule has 0 bridgehead atoms. The summed E-state index contributed by atoms with van der Waals surface area (Å²) in [6.45, 7) is -0.670. The third-order valence-corrected chi connectivity index (χ3v) is 5.84. The fourth-order valence-electron chi connectivity index (χ4n) is 3.96. The standard InChI is InChI=1S/C28H22N4O8/c1-37-24-11-16(12-25(38-2)27(24)39-3)23-13-20(19-6-4-5-7-22(19)30-23)28(34)40-15-26(33)31-21-9-8-18(32(35)36)10-17(21)14-29/h4-13H,15H2,1-3H3,(H,31,33). The topological polar surface area (TPSA) is 163 Å². The molecule has 0 fully saturated rings. The number of pyridine rings is 1. The second-order valence-corrected chi connectivity index (χ2v) is 8.21. The predicted octanol–water partition coefficient (Wildman–Crippen LogP) is 4.50. The van der Waals surface area contributed by atoms with Gasteiger partial charge in [0.15, 0.2) is 18.1 Å². The number of hydrogen-bond acceptors (Lipinski definition) is 10. The van der Waals surface area contributed by atoms with Gasteiger partial charge in [-0.1, -0.05) is 18.2 Å². The van der Waals surface area contributed by atoms with E-state index >= 15 is 0 Å². The average molecular weight is 543 g/mol. The van der Waals surface area contributed by atoms with Crippen LogP contribution >= 0.6 is 0 Å². The first-order valence-electron chi connectivity index (χ1n) is 11.6. The van der Waals surface area contributed by atoms with Crippen LogP contribution in [0.3, 0.4) is 0 Å². The lowest BCUT2D eigenvalue weighted by molar-refractivity contribution is -0.384. The van der Waals surface area contributed by atoms with Crippen molar-refractivity contribution in [3.05, 3.63) is 81.9 Å². The number of esters is 1. The van der Waals surface area contributed by atoms with Gasteiger partial charge in [-0.3, -0.25) is 14.9 Å². The van der Waals surface area contributed by atoms with Crippen molar-refractivity contribution in [1.29, 1.82) is 5.26 Å². The summed E-state index contributed by atoms with van der Waals surface area (Å²) in [6, 6.07) is 17.1. The van der Waals surface area contributed by atoms with E-state index in [2.05, 4.69) is 10.3 Å². The average Bonchev–Trinajstić information content (AvgIpc) is 2.98. The van der Waals surface area contributed by atoms with Gasteiger partial charge in [-0.15, -0.1) is 0 Å². The molecule has 0 aliphatic carbocycles. The number of para-hydroxylation sites is 1. The highest BCUT2D eigenvalue weighted by molar-refractivity contribution is 6.05. The number of ether oxygens (including phenoxy) is 4. The molecule has 0 spiro atoms. The Morgan fingerprint density at radius 3 is 2.33 bits per heavy atom. The van der Waals surface area contributed by atoms with Crippen molar-refractivity contribution >= 4 is 34.2 Å². The number of anilines is 1. The maximum absolute atomic E-state index is 13.2. The Kier molecular flexibility index (Phi) is 8.05. The van der Waals surface area contributed by atoms with Crippen molar-refractivity contribution in [2.45, 2.75) is 0 Å². The molecule has 202 valence electrons. The summed E-state index contributed by atoms with van der Waals surface area (Å²) in [6.07, 6.45) is 0. The van der Waals surface area contributed by atoms with Gasteiger partial charge in [0, 0.05) is 23.1 Å². The number of nitro groups is 1. The second-order valence-electron chi connectivity index (χ2n) is 8.21. The van der Waals surface area contributed by atoms with Crippen molar-refractivity contribution < 1.29 is 33.5 Å². The maximum atomic E-state index is 13.2. The monoisotopic (exact) mass is 542 g/mol. The fraction of sp³-hybridized carbons (Fsp3) is 0.143. The molecule has 0 saturated heterocycles. The number of hydrogen-bond donors (Lipinski definition) is 1. The highest BCUT2D eigenvalue weighted by Gasteiger charge is 2.20. The van der Waals surface area contributed by atoms with Crippen LogP contribution in [-0.2, 0) is 9.53 Å². The van der Waals surface area contributed by atoms with E-state index in [4.69, 9.17) is 18.9 Å². The molecule has 1 amide bonds. The molecule has 12 nitrogen and oxygen atoms in total. The smallest absolute Gasteiger partial charge is 0.339 e. The number of amides is 1. The number of fused-ring (bicyclic) bond motifs is 1. The first-order valence-corrected chi connectivity index (χ1v) is 11.6. The van der Waals surface area contributed by atoms with Gasteiger partial charge in [0.05, 0.1) is 54.3 Å². The number of carbonyl (C=O) groups is 2. The molecule has 12 heteroatoms. The van der Waals surface area contributed by atoms with Crippen molar-refractivity contribution in [2.75, 3.05) is 33.3 Å². The van der Waals surface area contributed by atoms with Gasteiger partial charge in [0.25, 0.3) is 11.6 Å². The van der Waals surface area contributed by atoms with Crippen LogP contribution in [0.15, 0.2) is 60.7 Å². The molecular weight excluding hydrogens is 520 g/mol.